The van der Waals surface area contributed by atoms with Gasteiger partial charge in [-0.1, -0.05) is 31.4 Å². The van der Waals surface area contributed by atoms with Crippen LogP contribution in [-0.4, -0.2) is 27.7 Å². The Labute approximate surface area is 135 Å². The van der Waals surface area contributed by atoms with Crippen molar-refractivity contribution in [3.63, 3.8) is 0 Å². The molecule has 122 valence electrons. The van der Waals surface area contributed by atoms with Gasteiger partial charge in [-0.25, -0.2) is 0 Å². The number of hydrogen-bond acceptors (Lipinski definition) is 3. The van der Waals surface area contributed by atoms with E-state index in [1.807, 2.05) is 31.2 Å². The van der Waals surface area contributed by atoms with E-state index < -0.39 is 10.8 Å². The normalized spacial score (nSPS) is 17.0. The Morgan fingerprint density at radius 2 is 2.09 bits per heavy atom. The predicted octanol–water partition coefficient (Wildman–Crippen LogP) is 2.78. The second-order valence-corrected chi connectivity index (χ2v) is 7.36. The highest BCUT2D eigenvalue weighted by molar-refractivity contribution is 7.86. The van der Waals surface area contributed by atoms with Crippen molar-refractivity contribution >= 4 is 16.7 Å². The molecule has 1 aliphatic rings. The summed E-state index contributed by atoms with van der Waals surface area (Å²) in [5.74, 6) is 0.793. The van der Waals surface area contributed by atoms with Crippen LogP contribution in [0.4, 0.5) is 0 Å². The number of hydrogen-bond donors (Lipinski definition) is 1. The van der Waals surface area contributed by atoms with Gasteiger partial charge in [-0.2, -0.15) is 0 Å². The molecular formula is C17H25NO3S. The van der Waals surface area contributed by atoms with Gasteiger partial charge in [-0.05, 0) is 37.5 Å². The van der Waals surface area contributed by atoms with Crippen LogP contribution < -0.4 is 10.1 Å². The summed E-state index contributed by atoms with van der Waals surface area (Å²) >= 11 is 0. The highest BCUT2D eigenvalue weighted by Crippen LogP contribution is 2.22. The number of nitrogens with one attached hydrogen (secondary N) is 1. The number of amides is 1. The monoisotopic (exact) mass is 323 g/mol. The predicted molar refractivity (Wildman–Crippen MR) is 89.3 cm³/mol. The second kappa shape index (κ2) is 8.93. The van der Waals surface area contributed by atoms with E-state index >= 15 is 0 Å². The van der Waals surface area contributed by atoms with Crippen molar-refractivity contribution in [2.45, 2.75) is 50.8 Å². The maximum absolute atomic E-state index is 12.2. The third-order valence-electron chi connectivity index (χ3n) is 3.90. The summed E-state index contributed by atoms with van der Waals surface area (Å²) < 4.78 is 17.6. The molecule has 1 aromatic carbocycles. The van der Waals surface area contributed by atoms with Crippen molar-refractivity contribution in [2.24, 2.45) is 0 Å². The van der Waals surface area contributed by atoms with Gasteiger partial charge in [0, 0.05) is 22.6 Å². The molecule has 1 unspecified atom stereocenters. The first-order valence-corrected chi connectivity index (χ1v) is 9.43. The van der Waals surface area contributed by atoms with Gasteiger partial charge in [0.25, 0.3) is 0 Å². The van der Waals surface area contributed by atoms with E-state index in [1.54, 1.807) is 0 Å². The number of carbonyl (C=O) groups excluding carboxylic acids is 1. The maximum Gasteiger partial charge on any atom is 0.232 e. The Kier molecular flexibility index (Phi) is 6.90. The first-order valence-electron chi connectivity index (χ1n) is 8.04. The van der Waals surface area contributed by atoms with Crippen LogP contribution in [-0.2, 0) is 22.1 Å². The van der Waals surface area contributed by atoms with Crippen LogP contribution >= 0.6 is 0 Å². The van der Waals surface area contributed by atoms with E-state index in [0.717, 1.165) is 37.0 Å². The quantitative estimate of drug-likeness (QED) is 0.839. The van der Waals surface area contributed by atoms with Gasteiger partial charge in [-0.3, -0.25) is 9.00 Å². The molecule has 4 nitrogen and oxygen atoms in total. The molecule has 5 heteroatoms. The lowest BCUT2D eigenvalue weighted by Crippen LogP contribution is -2.32. The summed E-state index contributed by atoms with van der Waals surface area (Å²) in [7, 11) is -1.04. The zero-order valence-electron chi connectivity index (χ0n) is 13.2. The lowest BCUT2D eigenvalue weighted by atomic mass is 10.0. The molecule has 0 heterocycles. The average molecular weight is 323 g/mol. The van der Waals surface area contributed by atoms with Gasteiger partial charge < -0.3 is 10.1 Å². The highest BCUT2D eigenvalue weighted by atomic mass is 32.2. The first kappa shape index (κ1) is 17.0. The minimum atomic E-state index is -1.04. The SMILES string of the molecule is CCOc1cccc(CNC(=O)CS(=O)C2CCCCC2)c1. The minimum Gasteiger partial charge on any atom is -0.494 e. The molecule has 0 aromatic heterocycles. The summed E-state index contributed by atoms with van der Waals surface area (Å²) in [6, 6.07) is 7.67. The standard InChI is InChI=1S/C17H25NO3S/c1-2-21-15-8-6-7-14(11-15)12-18-17(19)13-22(20)16-9-4-3-5-10-16/h6-8,11,16H,2-5,9-10,12-13H2,1H3,(H,18,19). The molecule has 1 fully saturated rings. The third-order valence-corrected chi connectivity index (χ3v) is 5.66. The van der Waals surface area contributed by atoms with Gasteiger partial charge in [0.15, 0.2) is 0 Å². The van der Waals surface area contributed by atoms with Crippen molar-refractivity contribution in [1.29, 1.82) is 0 Å². The van der Waals surface area contributed by atoms with Crippen molar-refractivity contribution in [2.75, 3.05) is 12.4 Å². The Balaban J connectivity index is 1.77. The molecule has 2 rings (SSSR count). The van der Waals surface area contributed by atoms with E-state index in [2.05, 4.69) is 5.32 Å². The molecule has 1 amide bonds. The van der Waals surface area contributed by atoms with E-state index in [4.69, 9.17) is 4.74 Å². The van der Waals surface area contributed by atoms with Crippen molar-refractivity contribution in [3.8, 4) is 5.75 Å². The van der Waals surface area contributed by atoms with Crippen LogP contribution in [0.15, 0.2) is 24.3 Å². The van der Waals surface area contributed by atoms with Crippen molar-refractivity contribution in [1.82, 2.24) is 5.32 Å². The number of benzene rings is 1. The molecule has 1 atom stereocenters. The van der Waals surface area contributed by atoms with Crippen LogP contribution in [0.5, 0.6) is 5.75 Å². The Bertz CT molecular complexity index is 512. The molecule has 0 spiro atoms. The Hall–Kier alpha value is -1.36. The molecule has 0 bridgehead atoms. The summed E-state index contributed by atoms with van der Waals surface area (Å²) in [6.07, 6.45) is 5.51. The fourth-order valence-electron chi connectivity index (χ4n) is 2.74. The summed E-state index contributed by atoms with van der Waals surface area (Å²) in [5, 5.41) is 3.06. The van der Waals surface area contributed by atoms with Crippen LogP contribution in [0.25, 0.3) is 0 Å². The fourth-order valence-corrected chi connectivity index (χ4v) is 4.19. The average Bonchev–Trinajstić information content (AvgIpc) is 2.54. The summed E-state index contributed by atoms with van der Waals surface area (Å²) in [4.78, 5) is 11.9. The Morgan fingerprint density at radius 3 is 2.82 bits per heavy atom. The number of rotatable bonds is 7. The smallest absolute Gasteiger partial charge is 0.232 e. The number of carbonyl (C=O) groups is 1. The maximum atomic E-state index is 12.2. The Morgan fingerprint density at radius 1 is 1.32 bits per heavy atom. The number of ether oxygens (including phenoxy) is 1. The molecular weight excluding hydrogens is 298 g/mol. The minimum absolute atomic E-state index is 0.121. The van der Waals surface area contributed by atoms with E-state index in [1.165, 1.54) is 6.42 Å². The van der Waals surface area contributed by atoms with Gasteiger partial charge in [0.05, 0.1) is 6.61 Å². The molecule has 1 aliphatic carbocycles. The van der Waals surface area contributed by atoms with E-state index in [-0.39, 0.29) is 16.9 Å². The van der Waals surface area contributed by atoms with Gasteiger partial charge in [-0.15, -0.1) is 0 Å². The first-order chi connectivity index (χ1) is 10.7. The largest absolute Gasteiger partial charge is 0.494 e. The van der Waals surface area contributed by atoms with Gasteiger partial charge in [0.1, 0.15) is 11.5 Å². The van der Waals surface area contributed by atoms with Crippen molar-refractivity contribution < 1.29 is 13.7 Å². The fraction of sp³-hybridized carbons (Fsp3) is 0.588. The van der Waals surface area contributed by atoms with Crippen molar-refractivity contribution in [3.05, 3.63) is 29.8 Å². The van der Waals surface area contributed by atoms with Gasteiger partial charge in [0.2, 0.25) is 5.91 Å². The lowest BCUT2D eigenvalue weighted by molar-refractivity contribution is -0.118. The molecule has 22 heavy (non-hydrogen) atoms. The third kappa shape index (κ3) is 5.44. The summed E-state index contributed by atoms with van der Waals surface area (Å²) in [5.41, 5.74) is 0.989. The van der Waals surface area contributed by atoms with Crippen LogP contribution in [0.3, 0.4) is 0 Å². The summed E-state index contributed by atoms with van der Waals surface area (Å²) in [6.45, 7) is 3.01. The van der Waals surface area contributed by atoms with Crippen LogP contribution in [0.1, 0.15) is 44.6 Å². The molecule has 1 saturated carbocycles. The molecule has 0 radical (unpaired) electrons. The molecule has 0 saturated heterocycles. The van der Waals surface area contributed by atoms with E-state index in [0.29, 0.717) is 13.2 Å². The zero-order valence-corrected chi connectivity index (χ0v) is 14.0. The molecule has 1 N–H and O–H groups in total. The topological polar surface area (TPSA) is 55.4 Å². The van der Waals surface area contributed by atoms with Crippen LogP contribution in [0, 0.1) is 0 Å². The molecule has 1 aromatic rings. The zero-order chi connectivity index (χ0) is 15.8. The van der Waals surface area contributed by atoms with Crippen LogP contribution in [0.2, 0.25) is 0 Å². The lowest BCUT2D eigenvalue weighted by Gasteiger charge is -2.20. The second-order valence-electron chi connectivity index (χ2n) is 5.64. The van der Waals surface area contributed by atoms with E-state index in [9.17, 15) is 9.00 Å². The molecule has 0 aliphatic heterocycles. The van der Waals surface area contributed by atoms with Gasteiger partial charge >= 0.3 is 0 Å². The highest BCUT2D eigenvalue weighted by Gasteiger charge is 2.21.